The molecule has 3 aromatic carbocycles. The van der Waals surface area contributed by atoms with Crippen molar-refractivity contribution in [1.82, 2.24) is 9.80 Å². The van der Waals surface area contributed by atoms with E-state index in [1.807, 2.05) is 84.9 Å². The highest BCUT2D eigenvalue weighted by Crippen LogP contribution is 2.28. The number of hydrogen-bond acceptors (Lipinski definition) is 5. The SMILES string of the molecule is O=C(CCc1ccccc1)N1CCC[C@@H]1C(=O)N1CCC[C@H]1C(O)COc1ccc(OCc2ccccc2)cc1. The molecule has 1 unspecified atom stereocenters. The summed E-state index contributed by atoms with van der Waals surface area (Å²) in [5, 5.41) is 11.0. The molecule has 0 aliphatic carbocycles. The van der Waals surface area contributed by atoms with Crippen LogP contribution >= 0.6 is 0 Å². The maximum absolute atomic E-state index is 13.6. The molecule has 2 heterocycles. The third-order valence-electron chi connectivity index (χ3n) is 7.85. The zero-order valence-corrected chi connectivity index (χ0v) is 22.9. The summed E-state index contributed by atoms with van der Waals surface area (Å²) in [6.45, 7) is 1.78. The van der Waals surface area contributed by atoms with Crippen LogP contribution < -0.4 is 9.47 Å². The average Bonchev–Trinajstić information content (AvgIpc) is 3.70. The topological polar surface area (TPSA) is 79.3 Å². The Hall–Kier alpha value is -3.84. The monoisotopic (exact) mass is 542 g/mol. The Morgan fingerprint density at radius 1 is 0.775 bits per heavy atom. The third-order valence-corrected chi connectivity index (χ3v) is 7.85. The Morgan fingerprint density at radius 3 is 2.08 bits per heavy atom. The first-order chi connectivity index (χ1) is 19.6. The molecule has 1 N–H and O–H groups in total. The first kappa shape index (κ1) is 27.7. The van der Waals surface area contributed by atoms with E-state index in [0.29, 0.717) is 44.7 Å². The lowest BCUT2D eigenvalue weighted by atomic mass is 10.1. The molecule has 7 nitrogen and oxygen atoms in total. The zero-order valence-electron chi connectivity index (χ0n) is 22.9. The lowest BCUT2D eigenvalue weighted by Crippen LogP contribution is -2.52. The molecule has 210 valence electrons. The molecule has 7 heteroatoms. The lowest BCUT2D eigenvalue weighted by Gasteiger charge is -2.33. The van der Waals surface area contributed by atoms with Gasteiger partial charge in [0.25, 0.3) is 0 Å². The van der Waals surface area contributed by atoms with Gasteiger partial charge in [-0.05, 0) is 67.5 Å². The number of benzene rings is 3. The van der Waals surface area contributed by atoms with E-state index < -0.39 is 12.1 Å². The second kappa shape index (κ2) is 13.5. The minimum atomic E-state index is -0.816. The number of carbonyl (C=O) groups is 2. The van der Waals surface area contributed by atoms with E-state index in [0.717, 1.165) is 36.1 Å². The van der Waals surface area contributed by atoms with Crippen LogP contribution in [0.5, 0.6) is 11.5 Å². The van der Waals surface area contributed by atoms with Gasteiger partial charge in [0.2, 0.25) is 11.8 Å². The highest BCUT2D eigenvalue weighted by Gasteiger charge is 2.41. The van der Waals surface area contributed by atoms with Crippen LogP contribution in [0.15, 0.2) is 84.9 Å². The molecule has 3 atom stereocenters. The standard InChI is InChI=1S/C33H38N2O5/c36-31(24-40-28-18-16-27(17-19-28)39-23-26-11-5-2-6-12-26)29-13-7-22-35(29)33(38)30-14-8-21-34(30)32(37)20-15-25-9-3-1-4-10-25/h1-6,9-12,16-19,29-31,36H,7-8,13-15,20-24H2/t29-,30+,31?/m0/s1. The summed E-state index contributed by atoms with van der Waals surface area (Å²) in [5.41, 5.74) is 2.22. The molecule has 3 aromatic rings. The summed E-state index contributed by atoms with van der Waals surface area (Å²) in [4.78, 5) is 30.2. The third kappa shape index (κ3) is 7.02. The van der Waals surface area contributed by atoms with Crippen molar-refractivity contribution in [3.63, 3.8) is 0 Å². The summed E-state index contributed by atoms with van der Waals surface area (Å²) in [6.07, 6.45) is 3.28. The summed E-state index contributed by atoms with van der Waals surface area (Å²) < 4.78 is 11.7. The van der Waals surface area contributed by atoms with Gasteiger partial charge in [-0.2, -0.15) is 0 Å². The van der Waals surface area contributed by atoms with Crippen molar-refractivity contribution in [1.29, 1.82) is 0 Å². The van der Waals surface area contributed by atoms with Crippen LogP contribution in [-0.2, 0) is 22.6 Å². The lowest BCUT2D eigenvalue weighted by molar-refractivity contribution is -0.146. The number of nitrogens with zero attached hydrogens (tertiary/aromatic N) is 2. The summed E-state index contributed by atoms with van der Waals surface area (Å²) >= 11 is 0. The molecule has 0 bridgehead atoms. The van der Waals surface area contributed by atoms with Crippen molar-refractivity contribution >= 4 is 11.8 Å². The molecule has 0 aromatic heterocycles. The van der Waals surface area contributed by atoms with E-state index in [1.54, 1.807) is 9.80 Å². The zero-order chi connectivity index (χ0) is 27.7. The first-order valence-electron chi connectivity index (χ1n) is 14.3. The van der Waals surface area contributed by atoms with Crippen LogP contribution in [0, 0.1) is 0 Å². The fourth-order valence-corrected chi connectivity index (χ4v) is 5.68. The number of aliphatic hydroxyl groups is 1. The second-order valence-corrected chi connectivity index (χ2v) is 10.6. The van der Waals surface area contributed by atoms with E-state index in [9.17, 15) is 14.7 Å². The Kier molecular flexibility index (Phi) is 9.34. The van der Waals surface area contributed by atoms with Crippen LogP contribution in [0.4, 0.5) is 0 Å². The van der Waals surface area contributed by atoms with Gasteiger partial charge in [-0.1, -0.05) is 60.7 Å². The van der Waals surface area contributed by atoms with E-state index in [1.165, 1.54) is 0 Å². The van der Waals surface area contributed by atoms with Gasteiger partial charge in [0.15, 0.2) is 0 Å². The van der Waals surface area contributed by atoms with E-state index in [2.05, 4.69) is 0 Å². The summed E-state index contributed by atoms with van der Waals surface area (Å²) in [7, 11) is 0. The molecule has 2 aliphatic heterocycles. The van der Waals surface area contributed by atoms with Crippen LogP contribution in [0.1, 0.15) is 43.2 Å². The molecule has 0 radical (unpaired) electrons. The van der Waals surface area contributed by atoms with Crippen molar-refractivity contribution in [2.24, 2.45) is 0 Å². The molecular weight excluding hydrogens is 504 g/mol. The number of carbonyl (C=O) groups excluding carboxylic acids is 2. The number of amides is 2. The number of likely N-dealkylation sites (tertiary alicyclic amines) is 2. The maximum atomic E-state index is 13.6. The highest BCUT2D eigenvalue weighted by atomic mass is 16.5. The van der Waals surface area contributed by atoms with Gasteiger partial charge < -0.3 is 24.4 Å². The van der Waals surface area contributed by atoms with Gasteiger partial charge in [0, 0.05) is 19.5 Å². The fraction of sp³-hybridized carbons (Fsp3) is 0.394. The van der Waals surface area contributed by atoms with Gasteiger partial charge in [0.1, 0.15) is 36.9 Å². The number of hydrogen-bond donors (Lipinski definition) is 1. The highest BCUT2D eigenvalue weighted by molar-refractivity contribution is 5.88. The molecule has 2 aliphatic rings. The van der Waals surface area contributed by atoms with Gasteiger partial charge >= 0.3 is 0 Å². The summed E-state index contributed by atoms with van der Waals surface area (Å²) in [6, 6.07) is 26.5. The minimum absolute atomic E-state index is 0.0236. The van der Waals surface area contributed by atoms with Gasteiger partial charge in [-0.3, -0.25) is 9.59 Å². The van der Waals surface area contributed by atoms with E-state index in [4.69, 9.17) is 9.47 Å². The van der Waals surface area contributed by atoms with Gasteiger partial charge in [0.05, 0.1) is 6.04 Å². The number of aliphatic hydroxyl groups excluding tert-OH is 1. The van der Waals surface area contributed by atoms with Crippen molar-refractivity contribution in [3.8, 4) is 11.5 Å². The van der Waals surface area contributed by atoms with Gasteiger partial charge in [-0.25, -0.2) is 0 Å². The van der Waals surface area contributed by atoms with Crippen LogP contribution in [0.3, 0.4) is 0 Å². The smallest absolute Gasteiger partial charge is 0.245 e. The van der Waals surface area contributed by atoms with E-state index >= 15 is 0 Å². The molecule has 2 saturated heterocycles. The number of ether oxygens (including phenoxy) is 2. The van der Waals surface area contributed by atoms with E-state index in [-0.39, 0.29) is 24.5 Å². The Balaban J connectivity index is 1.11. The quantitative estimate of drug-likeness (QED) is 0.383. The number of rotatable bonds is 11. The first-order valence-corrected chi connectivity index (χ1v) is 14.3. The molecule has 0 saturated carbocycles. The second-order valence-electron chi connectivity index (χ2n) is 10.6. The molecule has 5 rings (SSSR count). The molecule has 0 spiro atoms. The molecule has 2 amide bonds. The molecule has 2 fully saturated rings. The van der Waals surface area contributed by atoms with Crippen molar-refractivity contribution in [2.75, 3.05) is 19.7 Å². The summed E-state index contributed by atoms with van der Waals surface area (Å²) in [5.74, 6) is 1.35. The number of aryl methyl sites for hydroxylation is 1. The Bertz CT molecular complexity index is 1230. The predicted molar refractivity (Wildman–Crippen MR) is 153 cm³/mol. The van der Waals surface area contributed by atoms with Crippen LogP contribution in [0.25, 0.3) is 0 Å². The minimum Gasteiger partial charge on any atom is -0.491 e. The van der Waals surface area contributed by atoms with Crippen LogP contribution in [-0.4, -0.2) is 64.6 Å². The van der Waals surface area contributed by atoms with Crippen LogP contribution in [0.2, 0.25) is 0 Å². The van der Waals surface area contributed by atoms with Crippen molar-refractivity contribution < 1.29 is 24.2 Å². The average molecular weight is 543 g/mol. The van der Waals surface area contributed by atoms with Gasteiger partial charge in [-0.15, -0.1) is 0 Å². The normalized spacial score (nSPS) is 19.4. The largest absolute Gasteiger partial charge is 0.491 e. The molecular formula is C33H38N2O5. The predicted octanol–water partition coefficient (Wildman–Crippen LogP) is 4.62. The molecule has 40 heavy (non-hydrogen) atoms. The van der Waals surface area contributed by atoms with Crippen molar-refractivity contribution in [3.05, 3.63) is 96.1 Å². The Morgan fingerprint density at radius 2 is 1.38 bits per heavy atom. The fourth-order valence-electron chi connectivity index (χ4n) is 5.68. The Labute approximate surface area is 236 Å². The van der Waals surface area contributed by atoms with Crippen molar-refractivity contribution in [2.45, 2.75) is 63.3 Å². The maximum Gasteiger partial charge on any atom is 0.245 e.